The Hall–Kier alpha value is -1.89. The first kappa shape index (κ1) is 19.9. The number of amides is 1. The maximum atomic E-state index is 12.7. The molecule has 2 aromatic rings. The fraction of sp³-hybridized carbons (Fsp3) is 0.500. The predicted octanol–water partition coefficient (Wildman–Crippen LogP) is 3.26. The zero-order valence-electron chi connectivity index (χ0n) is 16.2. The Morgan fingerprint density at radius 2 is 1.78 bits per heavy atom. The van der Waals surface area contributed by atoms with Crippen molar-refractivity contribution in [2.24, 2.45) is 0 Å². The SMILES string of the molecule is CC(C(=O)Nc1ccnn1C(C)C)N1CCN(Cc2ccc(Cl)cc2)CC1. The van der Waals surface area contributed by atoms with E-state index in [2.05, 4.69) is 32.3 Å². The molecule has 6 nitrogen and oxygen atoms in total. The van der Waals surface area contributed by atoms with E-state index >= 15 is 0 Å². The molecule has 1 aliphatic rings. The van der Waals surface area contributed by atoms with Crippen molar-refractivity contribution in [1.82, 2.24) is 19.6 Å². The summed E-state index contributed by atoms with van der Waals surface area (Å²) in [7, 11) is 0. The van der Waals surface area contributed by atoms with Crippen LogP contribution >= 0.6 is 11.6 Å². The summed E-state index contributed by atoms with van der Waals surface area (Å²) in [6, 6.07) is 9.89. The van der Waals surface area contributed by atoms with Crippen LogP contribution in [0.1, 0.15) is 32.4 Å². The lowest BCUT2D eigenvalue weighted by atomic mass is 10.1. The molecule has 1 aromatic carbocycles. The van der Waals surface area contributed by atoms with Crippen molar-refractivity contribution in [2.45, 2.75) is 39.4 Å². The first-order chi connectivity index (χ1) is 12.9. The van der Waals surface area contributed by atoms with Gasteiger partial charge in [-0.05, 0) is 38.5 Å². The van der Waals surface area contributed by atoms with Crippen LogP contribution in [0.5, 0.6) is 0 Å². The lowest BCUT2D eigenvalue weighted by Crippen LogP contribution is -2.52. The third kappa shape index (κ3) is 5.09. The van der Waals surface area contributed by atoms with Gasteiger partial charge in [-0.15, -0.1) is 0 Å². The van der Waals surface area contributed by atoms with Crippen LogP contribution in [0.2, 0.25) is 5.02 Å². The third-order valence-electron chi connectivity index (χ3n) is 5.06. The topological polar surface area (TPSA) is 53.4 Å². The number of anilines is 1. The molecule has 0 aliphatic carbocycles. The number of nitrogens with zero attached hydrogens (tertiary/aromatic N) is 4. The summed E-state index contributed by atoms with van der Waals surface area (Å²) in [5, 5.41) is 8.05. The van der Waals surface area contributed by atoms with E-state index in [4.69, 9.17) is 11.6 Å². The number of hydrogen-bond donors (Lipinski definition) is 1. The highest BCUT2D eigenvalue weighted by Crippen LogP contribution is 2.16. The highest BCUT2D eigenvalue weighted by molar-refractivity contribution is 6.30. The van der Waals surface area contributed by atoms with Crippen LogP contribution in [0.3, 0.4) is 0 Å². The van der Waals surface area contributed by atoms with Gasteiger partial charge in [0.25, 0.3) is 0 Å². The summed E-state index contributed by atoms with van der Waals surface area (Å²) >= 11 is 5.95. The van der Waals surface area contributed by atoms with Gasteiger partial charge in [-0.25, -0.2) is 4.68 Å². The maximum Gasteiger partial charge on any atom is 0.242 e. The second-order valence-corrected chi connectivity index (χ2v) is 7.80. The summed E-state index contributed by atoms with van der Waals surface area (Å²) in [5.74, 6) is 0.770. The van der Waals surface area contributed by atoms with Crippen molar-refractivity contribution >= 4 is 23.3 Å². The molecule has 1 fully saturated rings. The molecule has 0 bridgehead atoms. The van der Waals surface area contributed by atoms with E-state index in [9.17, 15) is 4.79 Å². The maximum absolute atomic E-state index is 12.7. The molecule has 2 heterocycles. The third-order valence-corrected chi connectivity index (χ3v) is 5.32. The molecule has 1 unspecified atom stereocenters. The van der Waals surface area contributed by atoms with Crippen molar-refractivity contribution in [3.8, 4) is 0 Å². The Bertz CT molecular complexity index is 750. The van der Waals surface area contributed by atoms with E-state index < -0.39 is 0 Å². The minimum atomic E-state index is -0.168. The Morgan fingerprint density at radius 1 is 1.11 bits per heavy atom. The number of rotatable bonds is 6. The van der Waals surface area contributed by atoms with Gasteiger partial charge in [-0.1, -0.05) is 23.7 Å². The molecule has 3 rings (SSSR count). The molecular formula is C20H28ClN5O. The number of piperazine rings is 1. The van der Waals surface area contributed by atoms with E-state index in [0.717, 1.165) is 43.6 Å². The normalized spacial score (nSPS) is 17.2. The highest BCUT2D eigenvalue weighted by Gasteiger charge is 2.26. The molecule has 0 saturated carbocycles. The Morgan fingerprint density at radius 3 is 2.41 bits per heavy atom. The van der Waals surface area contributed by atoms with Crippen molar-refractivity contribution in [2.75, 3.05) is 31.5 Å². The second-order valence-electron chi connectivity index (χ2n) is 7.36. The minimum absolute atomic E-state index is 0.0172. The summed E-state index contributed by atoms with van der Waals surface area (Å²) in [5.41, 5.74) is 1.26. The first-order valence-electron chi connectivity index (χ1n) is 9.49. The molecule has 1 aromatic heterocycles. The zero-order chi connectivity index (χ0) is 19.4. The Kier molecular flexibility index (Phi) is 6.52. The summed E-state index contributed by atoms with van der Waals surface area (Å²) < 4.78 is 1.83. The van der Waals surface area contributed by atoms with Crippen LogP contribution in [-0.2, 0) is 11.3 Å². The van der Waals surface area contributed by atoms with Gasteiger partial charge in [0.15, 0.2) is 0 Å². The molecule has 146 valence electrons. The van der Waals surface area contributed by atoms with Crippen molar-refractivity contribution in [1.29, 1.82) is 0 Å². The summed E-state index contributed by atoms with van der Waals surface area (Å²) in [4.78, 5) is 17.3. The van der Waals surface area contributed by atoms with Crippen molar-refractivity contribution < 1.29 is 4.79 Å². The Labute approximate surface area is 166 Å². The summed E-state index contributed by atoms with van der Waals surface area (Å²) in [6.07, 6.45) is 1.72. The standard InChI is InChI=1S/C20H28ClN5O/c1-15(2)26-19(8-9-22-26)23-20(27)16(3)25-12-10-24(11-13-25)14-17-4-6-18(21)7-5-17/h4-9,15-16H,10-14H2,1-3H3,(H,23,27). The molecule has 1 N–H and O–H groups in total. The molecule has 0 radical (unpaired) electrons. The number of halogens is 1. The summed E-state index contributed by atoms with van der Waals surface area (Å²) in [6.45, 7) is 10.6. The molecule has 1 amide bonds. The van der Waals surface area contributed by atoms with Crippen LogP contribution in [0.15, 0.2) is 36.5 Å². The number of carbonyl (C=O) groups is 1. The second kappa shape index (κ2) is 8.87. The van der Waals surface area contributed by atoms with Gasteiger partial charge < -0.3 is 5.32 Å². The van der Waals surface area contributed by atoms with Gasteiger partial charge in [0.05, 0.1) is 12.2 Å². The molecule has 1 aliphatic heterocycles. The van der Waals surface area contributed by atoms with Gasteiger partial charge >= 0.3 is 0 Å². The minimum Gasteiger partial charge on any atom is -0.310 e. The number of aromatic nitrogens is 2. The lowest BCUT2D eigenvalue weighted by molar-refractivity contribution is -0.121. The van der Waals surface area contributed by atoms with Crippen LogP contribution in [-0.4, -0.2) is 57.7 Å². The van der Waals surface area contributed by atoms with E-state index in [1.54, 1.807) is 6.20 Å². The van der Waals surface area contributed by atoms with Crippen LogP contribution in [0, 0.1) is 0 Å². The fourth-order valence-corrected chi connectivity index (χ4v) is 3.50. The fourth-order valence-electron chi connectivity index (χ4n) is 3.38. The number of carbonyl (C=O) groups excluding carboxylic acids is 1. The van der Waals surface area contributed by atoms with Gasteiger partial charge in [0.2, 0.25) is 5.91 Å². The van der Waals surface area contributed by atoms with E-state index in [1.165, 1.54) is 5.56 Å². The molecule has 1 saturated heterocycles. The van der Waals surface area contributed by atoms with Crippen LogP contribution < -0.4 is 5.32 Å². The van der Waals surface area contributed by atoms with Gasteiger partial charge in [0.1, 0.15) is 5.82 Å². The number of hydrogen-bond acceptors (Lipinski definition) is 4. The van der Waals surface area contributed by atoms with E-state index in [0.29, 0.717) is 0 Å². The molecule has 27 heavy (non-hydrogen) atoms. The van der Waals surface area contributed by atoms with Gasteiger partial charge in [-0.2, -0.15) is 5.10 Å². The lowest BCUT2D eigenvalue weighted by Gasteiger charge is -2.37. The first-order valence-corrected chi connectivity index (χ1v) is 9.87. The molecular weight excluding hydrogens is 362 g/mol. The monoisotopic (exact) mass is 389 g/mol. The smallest absolute Gasteiger partial charge is 0.242 e. The average Bonchev–Trinajstić information content (AvgIpc) is 3.12. The van der Waals surface area contributed by atoms with Crippen LogP contribution in [0.25, 0.3) is 0 Å². The quantitative estimate of drug-likeness (QED) is 0.823. The van der Waals surface area contributed by atoms with E-state index in [1.807, 2.05) is 43.7 Å². The molecule has 7 heteroatoms. The Balaban J connectivity index is 1.50. The predicted molar refractivity (Wildman–Crippen MR) is 109 cm³/mol. The van der Waals surface area contributed by atoms with Crippen molar-refractivity contribution in [3.05, 3.63) is 47.1 Å². The van der Waals surface area contributed by atoms with Crippen LogP contribution in [0.4, 0.5) is 5.82 Å². The largest absolute Gasteiger partial charge is 0.310 e. The van der Waals surface area contributed by atoms with Gasteiger partial charge in [-0.3, -0.25) is 14.6 Å². The zero-order valence-corrected chi connectivity index (χ0v) is 17.0. The van der Waals surface area contributed by atoms with Crippen molar-refractivity contribution in [3.63, 3.8) is 0 Å². The number of benzene rings is 1. The van der Waals surface area contributed by atoms with E-state index in [-0.39, 0.29) is 18.0 Å². The molecule has 1 atom stereocenters. The highest BCUT2D eigenvalue weighted by atomic mass is 35.5. The number of nitrogens with one attached hydrogen (secondary N) is 1. The molecule has 0 spiro atoms. The van der Waals surface area contributed by atoms with Gasteiger partial charge in [0, 0.05) is 49.9 Å². The average molecular weight is 390 g/mol.